The molecule has 2 heterocycles. The highest BCUT2D eigenvalue weighted by Crippen LogP contribution is 2.47. The Morgan fingerprint density at radius 3 is 1.53 bits per heavy atom. The number of thiophene rings is 1. The first kappa shape index (κ1) is 33.7. The van der Waals surface area contributed by atoms with E-state index >= 15 is 0 Å². The summed E-state index contributed by atoms with van der Waals surface area (Å²) < 4.78 is 9.06. The Balaban J connectivity index is 1.03. The van der Waals surface area contributed by atoms with E-state index in [1.54, 1.807) is 0 Å². The molecule has 0 atom stereocenters. The van der Waals surface area contributed by atoms with Crippen molar-refractivity contribution in [1.29, 1.82) is 0 Å². The maximum absolute atomic E-state index is 6.43. The lowest BCUT2D eigenvalue weighted by molar-refractivity contribution is 0.669. The molecule has 2 aromatic heterocycles. The van der Waals surface area contributed by atoms with Crippen molar-refractivity contribution in [2.24, 2.45) is 0 Å². The second kappa shape index (κ2) is 13.6. The van der Waals surface area contributed by atoms with E-state index < -0.39 is 0 Å². The minimum atomic E-state index is 0.869. The molecular weight excluding hydrogens is 735 g/mol. The van der Waals surface area contributed by atoms with Crippen LogP contribution >= 0.6 is 11.3 Å². The summed E-state index contributed by atoms with van der Waals surface area (Å²) in [6.07, 6.45) is 0. The Kier molecular flexibility index (Phi) is 7.75. The first-order valence-electron chi connectivity index (χ1n) is 20.1. The van der Waals surface area contributed by atoms with Crippen LogP contribution in [0.3, 0.4) is 0 Å². The van der Waals surface area contributed by atoms with Crippen molar-refractivity contribution in [1.82, 2.24) is 0 Å². The van der Waals surface area contributed by atoms with Crippen LogP contribution in [0.5, 0.6) is 0 Å². The third kappa shape index (κ3) is 5.47. The van der Waals surface area contributed by atoms with Gasteiger partial charge in [0.25, 0.3) is 0 Å². The minimum absolute atomic E-state index is 0.869. The molecular formula is C56H35NOS. The molecule has 12 aromatic rings. The molecule has 276 valence electrons. The lowest BCUT2D eigenvalue weighted by atomic mass is 9.85. The van der Waals surface area contributed by atoms with E-state index in [0.717, 1.165) is 39.0 Å². The summed E-state index contributed by atoms with van der Waals surface area (Å²) in [6, 6.07) is 76.9. The van der Waals surface area contributed by atoms with Crippen molar-refractivity contribution in [2.45, 2.75) is 0 Å². The predicted octanol–water partition coefficient (Wildman–Crippen LogP) is 16.7. The van der Waals surface area contributed by atoms with Crippen LogP contribution in [0.25, 0.3) is 97.0 Å². The number of furan rings is 1. The highest BCUT2D eigenvalue weighted by atomic mass is 32.1. The SMILES string of the molecule is c1ccc(-c2c(-c3ccc(N(c4ccc(-c5ccc6c(c5)sc5ccccc56)cc4)c4cccc5oc6ccccc6c45)cc3)c3ccccc3c3ccccc23)cc1. The highest BCUT2D eigenvalue weighted by Gasteiger charge is 2.21. The molecule has 10 aromatic carbocycles. The predicted molar refractivity (Wildman–Crippen MR) is 253 cm³/mol. The molecule has 0 saturated heterocycles. The fourth-order valence-electron chi connectivity index (χ4n) is 9.20. The summed E-state index contributed by atoms with van der Waals surface area (Å²) >= 11 is 1.86. The quantitative estimate of drug-likeness (QED) is 0.157. The smallest absolute Gasteiger partial charge is 0.137 e. The number of rotatable bonds is 6. The average Bonchev–Trinajstić information content (AvgIpc) is 3.88. The van der Waals surface area contributed by atoms with Crippen LogP contribution in [0.1, 0.15) is 0 Å². The second-order valence-electron chi connectivity index (χ2n) is 15.2. The molecule has 0 bridgehead atoms. The molecule has 12 rings (SSSR count). The molecule has 0 N–H and O–H groups in total. The standard InChI is InChI=1S/C56H35NOS/c1-2-13-37(14-3-1)54-46-18-6-4-15-42(46)43-16-5-7-19-47(43)55(54)38-27-32-41(33-28-38)57(49-21-12-23-51-56(49)48-20-8-10-22-50(48)58-51)40-30-25-36(26-31-40)39-29-34-45-44-17-9-11-24-52(44)59-53(45)35-39/h1-35H. The maximum Gasteiger partial charge on any atom is 0.137 e. The zero-order valence-electron chi connectivity index (χ0n) is 32.0. The summed E-state index contributed by atoms with van der Waals surface area (Å²) in [6.45, 7) is 0. The summed E-state index contributed by atoms with van der Waals surface area (Å²) in [5, 5.41) is 9.85. The summed E-state index contributed by atoms with van der Waals surface area (Å²) in [7, 11) is 0. The van der Waals surface area contributed by atoms with Crippen LogP contribution in [-0.2, 0) is 0 Å². The van der Waals surface area contributed by atoms with Gasteiger partial charge in [0.2, 0.25) is 0 Å². The van der Waals surface area contributed by atoms with Crippen LogP contribution < -0.4 is 4.90 Å². The first-order valence-corrected chi connectivity index (χ1v) is 20.9. The number of hydrogen-bond donors (Lipinski definition) is 0. The van der Waals surface area contributed by atoms with Crippen molar-refractivity contribution >= 4 is 92.1 Å². The fraction of sp³-hybridized carbons (Fsp3) is 0. The van der Waals surface area contributed by atoms with Gasteiger partial charge in [0.05, 0.1) is 11.1 Å². The molecule has 0 saturated carbocycles. The van der Waals surface area contributed by atoms with Gasteiger partial charge in [-0.2, -0.15) is 0 Å². The van der Waals surface area contributed by atoms with Crippen molar-refractivity contribution in [2.75, 3.05) is 4.90 Å². The van der Waals surface area contributed by atoms with Crippen molar-refractivity contribution in [3.8, 4) is 33.4 Å². The number of para-hydroxylation sites is 1. The Labute approximate surface area is 345 Å². The molecule has 0 aliphatic heterocycles. The zero-order valence-corrected chi connectivity index (χ0v) is 32.8. The molecule has 0 fully saturated rings. The molecule has 0 spiro atoms. The van der Waals surface area contributed by atoms with Crippen LogP contribution in [0.4, 0.5) is 17.1 Å². The largest absolute Gasteiger partial charge is 0.456 e. The van der Waals surface area contributed by atoms with Gasteiger partial charge in [0.15, 0.2) is 0 Å². The Morgan fingerprint density at radius 1 is 0.322 bits per heavy atom. The second-order valence-corrected chi connectivity index (χ2v) is 16.3. The van der Waals surface area contributed by atoms with Crippen LogP contribution in [-0.4, -0.2) is 0 Å². The normalized spacial score (nSPS) is 11.7. The molecule has 0 radical (unpaired) electrons. The van der Waals surface area contributed by atoms with Gasteiger partial charge in [-0.05, 0) is 110 Å². The van der Waals surface area contributed by atoms with E-state index in [9.17, 15) is 0 Å². The number of hydrogen-bond acceptors (Lipinski definition) is 3. The number of nitrogens with zero attached hydrogens (tertiary/aromatic N) is 1. The van der Waals surface area contributed by atoms with E-state index in [1.165, 1.54) is 75.1 Å². The van der Waals surface area contributed by atoms with Gasteiger partial charge in [-0.1, -0.05) is 158 Å². The van der Waals surface area contributed by atoms with Gasteiger partial charge in [0.1, 0.15) is 11.2 Å². The van der Waals surface area contributed by atoms with Crippen molar-refractivity contribution in [3.05, 3.63) is 212 Å². The van der Waals surface area contributed by atoms with E-state index in [1.807, 2.05) is 17.4 Å². The number of fused-ring (bicyclic) bond motifs is 9. The molecule has 2 nitrogen and oxygen atoms in total. The van der Waals surface area contributed by atoms with Crippen LogP contribution in [0.2, 0.25) is 0 Å². The number of anilines is 3. The number of benzene rings is 10. The molecule has 0 amide bonds. The highest BCUT2D eigenvalue weighted by molar-refractivity contribution is 7.25. The summed E-state index contributed by atoms with van der Waals surface area (Å²) in [4.78, 5) is 2.38. The van der Waals surface area contributed by atoms with Crippen molar-refractivity contribution < 1.29 is 4.42 Å². The van der Waals surface area contributed by atoms with Gasteiger partial charge in [0, 0.05) is 36.9 Å². The Morgan fingerprint density at radius 2 is 0.831 bits per heavy atom. The molecule has 59 heavy (non-hydrogen) atoms. The van der Waals surface area contributed by atoms with Gasteiger partial charge < -0.3 is 9.32 Å². The topological polar surface area (TPSA) is 16.4 Å². The Bertz CT molecular complexity index is 3540. The lowest BCUT2D eigenvalue weighted by Crippen LogP contribution is -2.10. The third-order valence-electron chi connectivity index (χ3n) is 11.9. The van der Waals surface area contributed by atoms with Gasteiger partial charge in [-0.15, -0.1) is 11.3 Å². The first-order chi connectivity index (χ1) is 29.3. The third-order valence-corrected chi connectivity index (χ3v) is 13.0. The summed E-state index contributed by atoms with van der Waals surface area (Å²) in [5.41, 5.74) is 12.2. The molecule has 0 aliphatic carbocycles. The summed E-state index contributed by atoms with van der Waals surface area (Å²) in [5.74, 6) is 0. The van der Waals surface area contributed by atoms with Crippen molar-refractivity contribution in [3.63, 3.8) is 0 Å². The van der Waals surface area contributed by atoms with Crippen LogP contribution in [0.15, 0.2) is 217 Å². The fourth-order valence-corrected chi connectivity index (χ4v) is 10.3. The zero-order chi connectivity index (χ0) is 38.9. The van der Waals surface area contributed by atoms with Gasteiger partial charge >= 0.3 is 0 Å². The minimum Gasteiger partial charge on any atom is -0.456 e. The monoisotopic (exact) mass is 769 g/mol. The van der Waals surface area contributed by atoms with E-state index in [2.05, 4.69) is 211 Å². The van der Waals surface area contributed by atoms with Crippen LogP contribution in [0, 0.1) is 0 Å². The molecule has 0 unspecified atom stereocenters. The van der Waals surface area contributed by atoms with Gasteiger partial charge in [-0.25, -0.2) is 0 Å². The van der Waals surface area contributed by atoms with E-state index in [4.69, 9.17) is 4.42 Å². The van der Waals surface area contributed by atoms with Gasteiger partial charge in [-0.3, -0.25) is 0 Å². The average molecular weight is 770 g/mol. The maximum atomic E-state index is 6.43. The lowest BCUT2D eigenvalue weighted by Gasteiger charge is -2.27. The van der Waals surface area contributed by atoms with E-state index in [0.29, 0.717) is 0 Å². The molecule has 3 heteroatoms. The molecule has 0 aliphatic rings. The Hall–Kier alpha value is -7.46. The van der Waals surface area contributed by atoms with E-state index in [-0.39, 0.29) is 0 Å².